The lowest BCUT2D eigenvalue weighted by atomic mass is 10.0. The molecule has 98 valence electrons. The van der Waals surface area contributed by atoms with Gasteiger partial charge < -0.3 is 9.67 Å². The molecule has 3 rings (SSSR count). The average molecular weight is 255 g/mol. The van der Waals surface area contributed by atoms with Gasteiger partial charge in [0.1, 0.15) is 5.52 Å². The van der Waals surface area contributed by atoms with Crippen LogP contribution in [0, 0.1) is 0 Å². The number of para-hydroxylation sites is 1. The van der Waals surface area contributed by atoms with Crippen LogP contribution in [0.2, 0.25) is 0 Å². The highest BCUT2D eigenvalue weighted by Gasteiger charge is 2.25. The first-order chi connectivity index (χ1) is 8.98. The Morgan fingerprint density at radius 1 is 1.16 bits per heavy atom. The van der Waals surface area contributed by atoms with Gasteiger partial charge in [-0.3, -0.25) is 4.98 Å². The van der Waals surface area contributed by atoms with Gasteiger partial charge in [0.25, 0.3) is 0 Å². The zero-order valence-corrected chi connectivity index (χ0v) is 11.3. The molecule has 0 unspecified atom stereocenters. The van der Waals surface area contributed by atoms with Crippen molar-refractivity contribution in [1.82, 2.24) is 14.5 Å². The van der Waals surface area contributed by atoms with E-state index in [1.54, 1.807) is 12.5 Å². The molecular formula is C15H17N3O. The van der Waals surface area contributed by atoms with E-state index in [1.807, 2.05) is 49.6 Å². The summed E-state index contributed by atoms with van der Waals surface area (Å²) >= 11 is 0. The van der Waals surface area contributed by atoms with Crippen molar-refractivity contribution in [2.45, 2.75) is 32.4 Å². The summed E-state index contributed by atoms with van der Waals surface area (Å²) in [6.07, 6.45) is 3.56. The van der Waals surface area contributed by atoms with Crippen LogP contribution in [0.5, 0.6) is 0 Å². The van der Waals surface area contributed by atoms with E-state index in [9.17, 15) is 5.11 Å². The van der Waals surface area contributed by atoms with Crippen LogP contribution in [0.25, 0.3) is 21.9 Å². The van der Waals surface area contributed by atoms with E-state index < -0.39 is 5.60 Å². The number of hydrogen-bond donors (Lipinski definition) is 1. The molecule has 4 heteroatoms. The van der Waals surface area contributed by atoms with Crippen LogP contribution in [0.15, 0.2) is 36.8 Å². The molecule has 0 aliphatic rings. The van der Waals surface area contributed by atoms with Gasteiger partial charge in [0.2, 0.25) is 0 Å². The van der Waals surface area contributed by atoms with E-state index in [0.29, 0.717) is 0 Å². The zero-order chi connectivity index (χ0) is 13.6. The number of pyridine rings is 1. The van der Waals surface area contributed by atoms with E-state index in [2.05, 4.69) is 9.97 Å². The Morgan fingerprint density at radius 2 is 1.89 bits per heavy atom. The van der Waals surface area contributed by atoms with E-state index in [1.165, 1.54) is 0 Å². The van der Waals surface area contributed by atoms with Crippen LogP contribution in [0.3, 0.4) is 0 Å². The van der Waals surface area contributed by atoms with Gasteiger partial charge in [-0.1, -0.05) is 18.2 Å². The summed E-state index contributed by atoms with van der Waals surface area (Å²) in [5.74, 6) is 0. The van der Waals surface area contributed by atoms with Gasteiger partial charge in [-0.05, 0) is 26.8 Å². The molecule has 2 heterocycles. The Morgan fingerprint density at radius 3 is 2.63 bits per heavy atom. The number of imidazole rings is 1. The quantitative estimate of drug-likeness (QED) is 0.766. The molecule has 1 aromatic carbocycles. The number of rotatable bonds is 2. The number of fused-ring (bicyclic) bond motifs is 3. The average Bonchev–Trinajstić information content (AvgIpc) is 2.80. The molecule has 0 radical (unpaired) electrons. The second-order valence-electron chi connectivity index (χ2n) is 5.49. The molecule has 0 amide bonds. The van der Waals surface area contributed by atoms with Gasteiger partial charge in [0.05, 0.1) is 35.2 Å². The molecule has 4 nitrogen and oxygen atoms in total. The minimum atomic E-state index is -0.808. The molecule has 0 saturated carbocycles. The number of benzene rings is 1. The van der Waals surface area contributed by atoms with Crippen molar-refractivity contribution in [3.05, 3.63) is 36.8 Å². The highest BCUT2D eigenvalue weighted by atomic mass is 16.3. The second-order valence-corrected chi connectivity index (χ2v) is 5.49. The lowest BCUT2D eigenvalue weighted by Crippen LogP contribution is -2.30. The molecule has 1 atom stereocenters. The first kappa shape index (κ1) is 12.1. The minimum Gasteiger partial charge on any atom is -0.388 e. The summed E-state index contributed by atoms with van der Waals surface area (Å²) in [4.78, 5) is 8.80. The molecule has 0 fully saturated rings. The molecule has 3 aromatic rings. The Hall–Kier alpha value is -1.94. The molecular weight excluding hydrogens is 238 g/mol. The van der Waals surface area contributed by atoms with Crippen molar-refractivity contribution < 1.29 is 5.11 Å². The second kappa shape index (κ2) is 4.03. The van der Waals surface area contributed by atoms with Crippen LogP contribution in [-0.4, -0.2) is 25.2 Å². The number of aromatic nitrogens is 3. The third kappa shape index (κ3) is 1.88. The number of aliphatic hydroxyl groups is 1. The standard InChI is InChI=1S/C15H17N3O/c1-10(15(2,3)19)18-9-17-13-8-16-12-7-5-4-6-11(12)14(13)18/h4-10,19H,1-3H3/t10-/m1/s1. The fraction of sp³-hybridized carbons (Fsp3) is 0.333. The van der Waals surface area contributed by atoms with Crippen molar-refractivity contribution in [2.75, 3.05) is 0 Å². The van der Waals surface area contributed by atoms with Gasteiger partial charge in [-0.15, -0.1) is 0 Å². The summed E-state index contributed by atoms with van der Waals surface area (Å²) in [6, 6.07) is 7.93. The number of hydrogen-bond acceptors (Lipinski definition) is 3. The Kier molecular flexibility index (Phi) is 2.57. The van der Waals surface area contributed by atoms with Gasteiger partial charge in [-0.25, -0.2) is 4.98 Å². The molecule has 0 bridgehead atoms. The summed E-state index contributed by atoms with van der Waals surface area (Å²) in [5.41, 5.74) is 2.02. The summed E-state index contributed by atoms with van der Waals surface area (Å²) < 4.78 is 2.03. The topological polar surface area (TPSA) is 50.9 Å². The van der Waals surface area contributed by atoms with Gasteiger partial charge in [0.15, 0.2) is 0 Å². The SMILES string of the molecule is C[C@@H](n1cnc2cnc3ccccc3c21)C(C)(C)O. The molecule has 19 heavy (non-hydrogen) atoms. The van der Waals surface area contributed by atoms with Crippen LogP contribution in [0.1, 0.15) is 26.8 Å². The Labute approximate surface area is 111 Å². The van der Waals surface area contributed by atoms with Gasteiger partial charge in [-0.2, -0.15) is 0 Å². The van der Waals surface area contributed by atoms with E-state index in [-0.39, 0.29) is 6.04 Å². The monoisotopic (exact) mass is 255 g/mol. The first-order valence-corrected chi connectivity index (χ1v) is 6.41. The van der Waals surface area contributed by atoms with Crippen molar-refractivity contribution in [3.8, 4) is 0 Å². The van der Waals surface area contributed by atoms with Crippen LogP contribution in [-0.2, 0) is 0 Å². The maximum absolute atomic E-state index is 10.2. The zero-order valence-electron chi connectivity index (χ0n) is 11.3. The molecule has 0 spiro atoms. The third-order valence-electron chi connectivity index (χ3n) is 3.75. The summed E-state index contributed by atoms with van der Waals surface area (Å²) in [6.45, 7) is 5.62. The molecule has 2 aromatic heterocycles. The molecule has 0 aliphatic carbocycles. The van der Waals surface area contributed by atoms with Crippen molar-refractivity contribution in [2.24, 2.45) is 0 Å². The van der Waals surface area contributed by atoms with Crippen LogP contribution < -0.4 is 0 Å². The van der Waals surface area contributed by atoms with E-state index in [0.717, 1.165) is 21.9 Å². The van der Waals surface area contributed by atoms with Crippen molar-refractivity contribution in [1.29, 1.82) is 0 Å². The highest BCUT2D eigenvalue weighted by molar-refractivity contribution is 6.01. The third-order valence-corrected chi connectivity index (χ3v) is 3.75. The fourth-order valence-corrected chi connectivity index (χ4v) is 2.30. The first-order valence-electron chi connectivity index (χ1n) is 6.41. The highest BCUT2D eigenvalue weighted by Crippen LogP contribution is 2.29. The largest absolute Gasteiger partial charge is 0.388 e. The Balaban J connectivity index is 2.35. The summed E-state index contributed by atoms with van der Waals surface area (Å²) in [5, 5.41) is 11.3. The molecule has 0 aliphatic heterocycles. The van der Waals surface area contributed by atoms with Gasteiger partial charge >= 0.3 is 0 Å². The van der Waals surface area contributed by atoms with E-state index in [4.69, 9.17) is 0 Å². The predicted molar refractivity (Wildman–Crippen MR) is 76.0 cm³/mol. The fourth-order valence-electron chi connectivity index (χ4n) is 2.30. The maximum atomic E-state index is 10.2. The maximum Gasteiger partial charge on any atom is 0.107 e. The van der Waals surface area contributed by atoms with Gasteiger partial charge in [0, 0.05) is 5.39 Å². The summed E-state index contributed by atoms with van der Waals surface area (Å²) in [7, 11) is 0. The van der Waals surface area contributed by atoms with Crippen molar-refractivity contribution >= 4 is 21.9 Å². The molecule has 0 saturated heterocycles. The number of nitrogens with zero attached hydrogens (tertiary/aromatic N) is 3. The lowest BCUT2D eigenvalue weighted by Gasteiger charge is -2.27. The molecule has 1 N–H and O–H groups in total. The normalized spacial score (nSPS) is 14.1. The van der Waals surface area contributed by atoms with Crippen LogP contribution >= 0.6 is 0 Å². The van der Waals surface area contributed by atoms with E-state index >= 15 is 0 Å². The lowest BCUT2D eigenvalue weighted by molar-refractivity contribution is 0.0320. The smallest absolute Gasteiger partial charge is 0.107 e. The minimum absolute atomic E-state index is 0.0664. The Bertz CT molecular complexity index is 740. The van der Waals surface area contributed by atoms with Crippen molar-refractivity contribution in [3.63, 3.8) is 0 Å². The predicted octanol–water partition coefficient (Wildman–Crippen LogP) is 2.92. The van der Waals surface area contributed by atoms with Crippen LogP contribution in [0.4, 0.5) is 0 Å².